The molecule has 1 N–H and O–H groups in total. The smallest absolute Gasteiger partial charge is 0.323 e. The van der Waals surface area contributed by atoms with E-state index in [0.29, 0.717) is 6.42 Å². The number of hydrogen-bond acceptors (Lipinski definition) is 4. The summed E-state index contributed by atoms with van der Waals surface area (Å²) in [6.07, 6.45) is 1.50. The van der Waals surface area contributed by atoms with E-state index in [-0.39, 0.29) is 18.2 Å². The van der Waals surface area contributed by atoms with Gasteiger partial charge >= 0.3 is 5.97 Å². The second-order valence-electron chi connectivity index (χ2n) is 4.05. The first-order valence-corrected chi connectivity index (χ1v) is 7.42. The molecular weight excluding hydrogens is 246 g/mol. The molecule has 0 aromatic carbocycles. The number of amides is 1. The predicted molar refractivity (Wildman–Crippen MR) is 63.4 cm³/mol. The third-order valence-electron chi connectivity index (χ3n) is 2.44. The van der Waals surface area contributed by atoms with Crippen LogP contribution in [0.5, 0.6) is 0 Å². The number of carboxylic acids is 1. The van der Waals surface area contributed by atoms with Crippen LogP contribution >= 0.6 is 0 Å². The minimum Gasteiger partial charge on any atom is -0.480 e. The van der Waals surface area contributed by atoms with Crippen LogP contribution in [0.1, 0.15) is 26.7 Å². The molecule has 7 heteroatoms. The van der Waals surface area contributed by atoms with Crippen LogP contribution in [0, 0.1) is 0 Å². The average Bonchev–Trinajstić information content (AvgIpc) is 2.20. The molecule has 0 aliphatic carbocycles. The Morgan fingerprint density at radius 2 is 1.88 bits per heavy atom. The van der Waals surface area contributed by atoms with Gasteiger partial charge in [-0.2, -0.15) is 0 Å². The molecule has 0 heterocycles. The van der Waals surface area contributed by atoms with Gasteiger partial charge < -0.3 is 10.0 Å². The summed E-state index contributed by atoms with van der Waals surface area (Å²) in [5.74, 6) is -1.79. The van der Waals surface area contributed by atoms with Gasteiger partial charge in [-0.15, -0.1) is 0 Å². The first-order valence-electron chi connectivity index (χ1n) is 5.36. The summed E-state index contributed by atoms with van der Waals surface area (Å²) in [4.78, 5) is 23.5. The highest BCUT2D eigenvalue weighted by atomic mass is 32.2. The van der Waals surface area contributed by atoms with Gasteiger partial charge in [-0.3, -0.25) is 9.59 Å². The highest BCUT2D eigenvalue weighted by Gasteiger charge is 2.22. The predicted octanol–water partition coefficient (Wildman–Crippen LogP) is 0.133. The Morgan fingerprint density at radius 3 is 2.24 bits per heavy atom. The van der Waals surface area contributed by atoms with Gasteiger partial charge in [0, 0.05) is 18.7 Å². The van der Waals surface area contributed by atoms with Crippen LogP contribution in [0.4, 0.5) is 0 Å². The van der Waals surface area contributed by atoms with Crippen LogP contribution in [0.2, 0.25) is 0 Å². The van der Waals surface area contributed by atoms with Crippen LogP contribution in [-0.2, 0) is 19.4 Å². The van der Waals surface area contributed by atoms with Crippen molar-refractivity contribution >= 4 is 21.7 Å². The van der Waals surface area contributed by atoms with E-state index in [9.17, 15) is 18.0 Å². The number of hydrogen-bond donors (Lipinski definition) is 1. The molecule has 0 spiro atoms. The molecule has 1 amide bonds. The van der Waals surface area contributed by atoms with Crippen molar-refractivity contribution in [3.8, 4) is 0 Å². The first-order chi connectivity index (χ1) is 7.67. The Hall–Kier alpha value is -1.11. The highest BCUT2D eigenvalue weighted by Crippen LogP contribution is 2.06. The third-order valence-corrected chi connectivity index (χ3v) is 3.38. The molecule has 17 heavy (non-hydrogen) atoms. The van der Waals surface area contributed by atoms with E-state index in [2.05, 4.69) is 0 Å². The molecule has 0 saturated heterocycles. The lowest BCUT2D eigenvalue weighted by Crippen LogP contribution is -2.42. The molecule has 0 aliphatic rings. The number of carboxylic acid groups (broad SMARTS) is 1. The van der Waals surface area contributed by atoms with Gasteiger partial charge in [-0.25, -0.2) is 8.42 Å². The lowest BCUT2D eigenvalue weighted by Gasteiger charge is -2.26. The molecule has 0 bridgehead atoms. The van der Waals surface area contributed by atoms with Crippen molar-refractivity contribution in [1.82, 2.24) is 4.90 Å². The molecule has 0 aromatic rings. The van der Waals surface area contributed by atoms with Crippen LogP contribution in [0.3, 0.4) is 0 Å². The van der Waals surface area contributed by atoms with E-state index >= 15 is 0 Å². The summed E-state index contributed by atoms with van der Waals surface area (Å²) in [5.41, 5.74) is 0. The molecule has 0 aliphatic heterocycles. The third kappa shape index (κ3) is 6.93. The quantitative estimate of drug-likeness (QED) is 0.706. The van der Waals surface area contributed by atoms with Gasteiger partial charge in [0.15, 0.2) is 0 Å². The van der Waals surface area contributed by atoms with Crippen molar-refractivity contribution < 1.29 is 23.1 Å². The Bertz CT molecular complexity index is 376. The van der Waals surface area contributed by atoms with E-state index in [0.717, 1.165) is 6.26 Å². The van der Waals surface area contributed by atoms with Crippen molar-refractivity contribution in [2.24, 2.45) is 0 Å². The fourth-order valence-electron chi connectivity index (χ4n) is 1.27. The molecule has 0 saturated carbocycles. The van der Waals surface area contributed by atoms with Crippen LogP contribution in [-0.4, -0.2) is 54.9 Å². The lowest BCUT2D eigenvalue weighted by molar-refractivity contribution is -0.145. The lowest BCUT2D eigenvalue weighted by atomic mass is 10.2. The van der Waals surface area contributed by atoms with Gasteiger partial charge in [-0.1, -0.05) is 6.92 Å². The van der Waals surface area contributed by atoms with E-state index in [1.165, 1.54) is 4.90 Å². The van der Waals surface area contributed by atoms with Crippen LogP contribution in [0.25, 0.3) is 0 Å². The van der Waals surface area contributed by atoms with Crippen molar-refractivity contribution in [1.29, 1.82) is 0 Å². The second-order valence-corrected chi connectivity index (χ2v) is 6.31. The van der Waals surface area contributed by atoms with E-state index < -0.39 is 28.3 Å². The summed E-state index contributed by atoms with van der Waals surface area (Å²) in [6, 6.07) is -0.210. The Labute approximate surface area is 102 Å². The number of sulfone groups is 1. The topological polar surface area (TPSA) is 91.8 Å². The fourth-order valence-corrected chi connectivity index (χ4v) is 1.82. The maximum atomic E-state index is 11.7. The SMILES string of the molecule is CCC(C)N(CC(=O)O)C(=O)CCS(C)(=O)=O. The summed E-state index contributed by atoms with van der Waals surface area (Å²) in [7, 11) is -3.21. The normalized spacial score (nSPS) is 13.1. The molecule has 100 valence electrons. The van der Waals surface area contributed by atoms with Crippen molar-refractivity contribution in [3.05, 3.63) is 0 Å². The summed E-state index contributed by atoms with van der Waals surface area (Å²) < 4.78 is 21.9. The zero-order chi connectivity index (χ0) is 13.6. The van der Waals surface area contributed by atoms with Crippen molar-refractivity contribution in [2.75, 3.05) is 18.6 Å². The van der Waals surface area contributed by atoms with Crippen molar-refractivity contribution in [2.45, 2.75) is 32.7 Å². The molecule has 0 aromatic heterocycles. The Kier molecular flexibility index (Phi) is 6.15. The minimum absolute atomic E-state index is 0.170. The molecule has 1 atom stereocenters. The van der Waals surface area contributed by atoms with Gasteiger partial charge in [0.05, 0.1) is 5.75 Å². The van der Waals surface area contributed by atoms with Crippen LogP contribution in [0.15, 0.2) is 0 Å². The number of rotatable bonds is 7. The molecule has 6 nitrogen and oxygen atoms in total. The maximum Gasteiger partial charge on any atom is 0.323 e. The monoisotopic (exact) mass is 265 g/mol. The van der Waals surface area contributed by atoms with Crippen LogP contribution < -0.4 is 0 Å². The second kappa shape index (κ2) is 6.58. The van der Waals surface area contributed by atoms with E-state index in [4.69, 9.17) is 5.11 Å². The van der Waals surface area contributed by atoms with Gasteiger partial charge in [0.25, 0.3) is 0 Å². The maximum absolute atomic E-state index is 11.7. The first kappa shape index (κ1) is 15.9. The summed E-state index contributed by atoms with van der Waals surface area (Å²) >= 11 is 0. The zero-order valence-electron chi connectivity index (χ0n) is 10.3. The highest BCUT2D eigenvalue weighted by molar-refractivity contribution is 7.90. The fraction of sp³-hybridized carbons (Fsp3) is 0.800. The standard InChI is InChI=1S/C10H19NO5S/c1-4-8(2)11(7-10(13)14)9(12)5-6-17(3,15)16/h8H,4-7H2,1-3H3,(H,13,14). The van der Waals surface area contributed by atoms with Gasteiger partial charge in [-0.05, 0) is 13.3 Å². The number of aliphatic carboxylic acids is 1. The number of carbonyl (C=O) groups excluding carboxylic acids is 1. The summed E-state index contributed by atoms with van der Waals surface area (Å²) in [6.45, 7) is 3.18. The zero-order valence-corrected chi connectivity index (χ0v) is 11.2. The minimum atomic E-state index is -3.21. The van der Waals surface area contributed by atoms with E-state index in [1.54, 1.807) is 6.92 Å². The molecule has 0 radical (unpaired) electrons. The molecule has 0 fully saturated rings. The largest absolute Gasteiger partial charge is 0.480 e. The van der Waals surface area contributed by atoms with Gasteiger partial charge in [0.2, 0.25) is 5.91 Å². The van der Waals surface area contributed by atoms with E-state index in [1.807, 2.05) is 6.92 Å². The van der Waals surface area contributed by atoms with Gasteiger partial charge in [0.1, 0.15) is 16.4 Å². The van der Waals surface area contributed by atoms with Crippen molar-refractivity contribution in [3.63, 3.8) is 0 Å². The molecule has 1 unspecified atom stereocenters. The summed E-state index contributed by atoms with van der Waals surface area (Å²) in [5, 5.41) is 8.69. The molecular formula is C10H19NO5S. The average molecular weight is 265 g/mol. The number of nitrogens with zero attached hydrogens (tertiary/aromatic N) is 1. The Morgan fingerprint density at radius 1 is 1.35 bits per heavy atom. The number of carbonyl (C=O) groups is 2. The molecule has 0 rings (SSSR count). The Balaban J connectivity index is 4.58.